The summed E-state index contributed by atoms with van der Waals surface area (Å²) < 4.78 is 13.3. The Labute approximate surface area is 170 Å². The zero-order valence-electron chi connectivity index (χ0n) is 14.5. The van der Waals surface area contributed by atoms with E-state index in [-0.39, 0.29) is 11.5 Å². The topological polar surface area (TPSA) is 42.0 Å². The minimum Gasteiger partial charge on any atom is -0.322 e. The predicted octanol–water partition coefficient (Wildman–Crippen LogP) is 6.52. The average molecular weight is 409 g/mol. The third-order valence-corrected chi connectivity index (χ3v) is 5.26. The zero-order valence-corrected chi connectivity index (χ0v) is 16.1. The lowest BCUT2D eigenvalue weighted by molar-refractivity contribution is 0.102. The molecule has 0 atom stereocenters. The second kappa shape index (κ2) is 7.92. The van der Waals surface area contributed by atoms with Gasteiger partial charge in [-0.15, -0.1) is 11.3 Å². The van der Waals surface area contributed by atoms with E-state index in [1.807, 2.05) is 41.8 Å². The van der Waals surface area contributed by atoms with Crippen molar-refractivity contribution < 1.29 is 9.18 Å². The molecule has 28 heavy (non-hydrogen) atoms. The SMILES string of the molecule is O=C(Nc1ccc(-c2csc(-c3ccc(Cl)cc3)n2)cc1)c1cccc(F)c1. The molecule has 0 spiro atoms. The third-order valence-electron chi connectivity index (χ3n) is 4.12. The molecule has 3 aromatic carbocycles. The molecule has 1 amide bonds. The number of carbonyl (C=O) groups is 1. The summed E-state index contributed by atoms with van der Waals surface area (Å²) in [6.45, 7) is 0. The predicted molar refractivity (Wildman–Crippen MR) is 112 cm³/mol. The van der Waals surface area contributed by atoms with Crippen molar-refractivity contribution in [3.05, 3.63) is 94.6 Å². The molecule has 1 aromatic heterocycles. The Balaban J connectivity index is 1.49. The van der Waals surface area contributed by atoms with E-state index in [1.54, 1.807) is 29.5 Å². The van der Waals surface area contributed by atoms with E-state index in [2.05, 4.69) is 10.3 Å². The van der Waals surface area contributed by atoms with E-state index in [0.717, 1.165) is 21.8 Å². The molecule has 4 aromatic rings. The number of halogens is 2. The second-order valence-electron chi connectivity index (χ2n) is 6.09. The van der Waals surface area contributed by atoms with Crippen molar-refractivity contribution >= 4 is 34.5 Å². The number of rotatable bonds is 4. The van der Waals surface area contributed by atoms with Gasteiger partial charge in [0.2, 0.25) is 0 Å². The quantitative estimate of drug-likeness (QED) is 0.417. The largest absolute Gasteiger partial charge is 0.322 e. The van der Waals surface area contributed by atoms with Crippen LogP contribution in [0, 0.1) is 5.82 Å². The smallest absolute Gasteiger partial charge is 0.255 e. The monoisotopic (exact) mass is 408 g/mol. The number of benzene rings is 3. The van der Waals surface area contributed by atoms with Gasteiger partial charge in [-0.25, -0.2) is 9.37 Å². The lowest BCUT2D eigenvalue weighted by atomic mass is 10.1. The van der Waals surface area contributed by atoms with Gasteiger partial charge in [0.15, 0.2) is 0 Å². The van der Waals surface area contributed by atoms with E-state index in [0.29, 0.717) is 10.7 Å². The highest BCUT2D eigenvalue weighted by atomic mass is 35.5. The molecule has 6 heteroatoms. The second-order valence-corrected chi connectivity index (χ2v) is 7.38. The summed E-state index contributed by atoms with van der Waals surface area (Å²) in [4.78, 5) is 16.9. The van der Waals surface area contributed by atoms with Gasteiger partial charge in [0.25, 0.3) is 5.91 Å². The van der Waals surface area contributed by atoms with Gasteiger partial charge < -0.3 is 5.32 Å². The minimum atomic E-state index is -0.442. The molecule has 138 valence electrons. The van der Waals surface area contributed by atoms with E-state index < -0.39 is 5.82 Å². The number of hydrogen-bond acceptors (Lipinski definition) is 3. The highest BCUT2D eigenvalue weighted by Gasteiger charge is 2.09. The first-order chi connectivity index (χ1) is 13.6. The summed E-state index contributed by atoms with van der Waals surface area (Å²) in [6.07, 6.45) is 0. The fourth-order valence-corrected chi connectivity index (χ4v) is 3.65. The Bertz CT molecular complexity index is 1120. The Kier molecular flexibility index (Phi) is 5.19. The Hall–Kier alpha value is -3.02. The summed E-state index contributed by atoms with van der Waals surface area (Å²) >= 11 is 7.49. The number of nitrogens with one attached hydrogen (secondary N) is 1. The fourth-order valence-electron chi connectivity index (χ4n) is 2.69. The number of thiazole rings is 1. The molecule has 0 unspecified atom stereocenters. The molecule has 4 rings (SSSR count). The number of anilines is 1. The fraction of sp³-hybridized carbons (Fsp3) is 0. The van der Waals surface area contributed by atoms with Crippen molar-refractivity contribution in [3.63, 3.8) is 0 Å². The number of carbonyl (C=O) groups excluding carboxylic acids is 1. The zero-order chi connectivity index (χ0) is 19.5. The van der Waals surface area contributed by atoms with Crippen LogP contribution in [0.2, 0.25) is 5.02 Å². The summed E-state index contributed by atoms with van der Waals surface area (Å²) in [7, 11) is 0. The third kappa shape index (κ3) is 4.11. The van der Waals surface area contributed by atoms with Gasteiger partial charge in [-0.05, 0) is 42.5 Å². The van der Waals surface area contributed by atoms with Crippen LogP contribution in [-0.4, -0.2) is 10.9 Å². The van der Waals surface area contributed by atoms with Gasteiger partial charge >= 0.3 is 0 Å². The van der Waals surface area contributed by atoms with Gasteiger partial charge in [0.1, 0.15) is 10.8 Å². The summed E-state index contributed by atoms with van der Waals surface area (Å²) in [5, 5.41) is 6.36. The molecule has 3 nitrogen and oxygen atoms in total. The van der Waals surface area contributed by atoms with E-state index in [4.69, 9.17) is 11.6 Å². The van der Waals surface area contributed by atoms with Crippen molar-refractivity contribution in [3.8, 4) is 21.8 Å². The summed E-state index contributed by atoms with van der Waals surface area (Å²) in [5.74, 6) is -0.797. The van der Waals surface area contributed by atoms with Crippen LogP contribution in [0.3, 0.4) is 0 Å². The summed E-state index contributed by atoms with van der Waals surface area (Å²) in [5.41, 5.74) is 3.72. The lowest BCUT2D eigenvalue weighted by Crippen LogP contribution is -2.11. The summed E-state index contributed by atoms with van der Waals surface area (Å²) in [6, 6.07) is 20.5. The molecule has 0 bridgehead atoms. The van der Waals surface area contributed by atoms with Crippen LogP contribution in [-0.2, 0) is 0 Å². The number of aromatic nitrogens is 1. The van der Waals surface area contributed by atoms with Crippen LogP contribution < -0.4 is 5.32 Å². The molecule has 1 N–H and O–H groups in total. The van der Waals surface area contributed by atoms with Crippen molar-refractivity contribution in [1.82, 2.24) is 4.98 Å². The first-order valence-corrected chi connectivity index (χ1v) is 9.73. The van der Waals surface area contributed by atoms with Gasteiger partial charge in [-0.3, -0.25) is 4.79 Å². The van der Waals surface area contributed by atoms with E-state index >= 15 is 0 Å². The molecule has 0 aliphatic heterocycles. The van der Waals surface area contributed by atoms with Gasteiger partial charge in [0, 0.05) is 32.8 Å². The first-order valence-electron chi connectivity index (χ1n) is 8.47. The van der Waals surface area contributed by atoms with Crippen molar-refractivity contribution in [2.24, 2.45) is 0 Å². The van der Waals surface area contributed by atoms with Gasteiger partial charge in [-0.1, -0.05) is 41.9 Å². The number of hydrogen-bond donors (Lipinski definition) is 1. The molecule has 0 radical (unpaired) electrons. The maximum atomic E-state index is 13.3. The number of nitrogens with zero attached hydrogens (tertiary/aromatic N) is 1. The van der Waals surface area contributed by atoms with Gasteiger partial charge in [-0.2, -0.15) is 0 Å². The normalized spacial score (nSPS) is 10.6. The standard InChI is InChI=1S/C22H14ClFN2OS/c23-17-8-4-15(5-9-17)22-26-20(13-28-22)14-6-10-19(11-7-14)25-21(27)16-2-1-3-18(24)12-16/h1-13H,(H,25,27). The Morgan fingerprint density at radius 3 is 2.39 bits per heavy atom. The van der Waals surface area contributed by atoms with E-state index in [9.17, 15) is 9.18 Å². The van der Waals surface area contributed by atoms with Crippen LogP contribution in [0.4, 0.5) is 10.1 Å². The van der Waals surface area contributed by atoms with Crippen LogP contribution in [0.25, 0.3) is 21.8 Å². The average Bonchev–Trinajstić information content (AvgIpc) is 3.19. The van der Waals surface area contributed by atoms with Crippen molar-refractivity contribution in [2.45, 2.75) is 0 Å². The van der Waals surface area contributed by atoms with Gasteiger partial charge in [0.05, 0.1) is 5.69 Å². The maximum absolute atomic E-state index is 13.3. The molecule has 0 saturated heterocycles. The van der Waals surface area contributed by atoms with Crippen molar-refractivity contribution in [2.75, 3.05) is 5.32 Å². The Morgan fingerprint density at radius 1 is 0.964 bits per heavy atom. The highest BCUT2D eigenvalue weighted by molar-refractivity contribution is 7.13. The van der Waals surface area contributed by atoms with Crippen LogP contribution in [0.1, 0.15) is 10.4 Å². The van der Waals surface area contributed by atoms with Crippen molar-refractivity contribution in [1.29, 1.82) is 0 Å². The first kappa shape index (κ1) is 18.3. The van der Waals surface area contributed by atoms with Crippen LogP contribution >= 0.6 is 22.9 Å². The maximum Gasteiger partial charge on any atom is 0.255 e. The Morgan fingerprint density at radius 2 is 1.68 bits per heavy atom. The minimum absolute atomic E-state index is 0.274. The van der Waals surface area contributed by atoms with E-state index in [1.165, 1.54) is 18.2 Å². The molecular formula is C22H14ClFN2OS. The number of amides is 1. The molecule has 1 heterocycles. The lowest BCUT2D eigenvalue weighted by Gasteiger charge is -2.06. The molecule has 0 aliphatic carbocycles. The molecular weight excluding hydrogens is 395 g/mol. The molecule has 0 fully saturated rings. The highest BCUT2D eigenvalue weighted by Crippen LogP contribution is 2.30. The molecule has 0 aliphatic rings. The van der Waals surface area contributed by atoms with Crippen LogP contribution in [0.5, 0.6) is 0 Å². The molecule has 0 saturated carbocycles. The van der Waals surface area contributed by atoms with Crippen LogP contribution in [0.15, 0.2) is 78.2 Å².